The molecule has 0 aliphatic heterocycles. The van der Waals surface area contributed by atoms with Crippen molar-refractivity contribution >= 4 is 44.1 Å². The van der Waals surface area contributed by atoms with E-state index in [1.165, 1.54) is 43.1 Å². The Hall–Kier alpha value is -2.20. The number of aryl methyl sites for hydroxylation is 1. The van der Waals surface area contributed by atoms with E-state index in [0.29, 0.717) is 6.04 Å². The van der Waals surface area contributed by atoms with E-state index >= 15 is 0 Å². The number of benzene rings is 1. The molecular formula is C18H22N6O2S2. The molecule has 2 heterocycles. The summed E-state index contributed by atoms with van der Waals surface area (Å²) in [4.78, 5) is 15.0. The minimum atomic E-state index is -0.379. The highest BCUT2D eigenvalue weighted by Gasteiger charge is 2.23. The number of anilines is 1. The number of thioether (sulfide) groups is 1. The summed E-state index contributed by atoms with van der Waals surface area (Å²) in [6, 6.07) is 5.31. The van der Waals surface area contributed by atoms with Gasteiger partial charge in [0.05, 0.1) is 15.1 Å². The second kappa shape index (κ2) is 8.44. The Morgan fingerprint density at radius 3 is 2.93 bits per heavy atom. The molecule has 4 rings (SSSR count). The van der Waals surface area contributed by atoms with Crippen LogP contribution in [0.2, 0.25) is 0 Å². The summed E-state index contributed by atoms with van der Waals surface area (Å²) in [5.74, 6) is 1.07. The van der Waals surface area contributed by atoms with Crippen molar-refractivity contribution < 1.29 is 4.92 Å². The van der Waals surface area contributed by atoms with Crippen molar-refractivity contribution in [1.82, 2.24) is 19.7 Å². The van der Waals surface area contributed by atoms with Gasteiger partial charge in [-0.3, -0.25) is 10.1 Å². The second-order valence-corrected chi connectivity index (χ2v) is 8.67. The maximum absolute atomic E-state index is 10.9. The number of non-ortho nitro benzene ring substituents is 1. The molecule has 148 valence electrons. The predicted octanol–water partition coefficient (Wildman–Crippen LogP) is 4.68. The fourth-order valence-corrected chi connectivity index (χ4v) is 5.19. The van der Waals surface area contributed by atoms with Crippen LogP contribution in [0.25, 0.3) is 10.2 Å². The van der Waals surface area contributed by atoms with Crippen molar-refractivity contribution in [3.05, 3.63) is 34.1 Å². The number of fused-ring (bicyclic) bond motifs is 1. The van der Waals surface area contributed by atoms with E-state index in [9.17, 15) is 10.1 Å². The Morgan fingerprint density at radius 1 is 1.36 bits per heavy atom. The van der Waals surface area contributed by atoms with Gasteiger partial charge in [-0.05, 0) is 31.6 Å². The van der Waals surface area contributed by atoms with Crippen molar-refractivity contribution in [3.63, 3.8) is 0 Å². The van der Waals surface area contributed by atoms with Crippen LogP contribution in [0.4, 0.5) is 10.8 Å². The molecule has 3 aromatic rings. The first-order chi connectivity index (χ1) is 13.7. The lowest BCUT2D eigenvalue weighted by Crippen LogP contribution is -2.12. The molecular weight excluding hydrogens is 396 g/mol. The average molecular weight is 419 g/mol. The van der Waals surface area contributed by atoms with Gasteiger partial charge >= 0.3 is 0 Å². The molecule has 1 N–H and O–H groups in total. The number of nitro benzene ring substituents is 1. The zero-order valence-electron chi connectivity index (χ0n) is 15.6. The smallest absolute Gasteiger partial charge is 0.270 e. The minimum absolute atomic E-state index is 0.0959. The molecule has 0 atom stereocenters. The quantitative estimate of drug-likeness (QED) is 0.245. The van der Waals surface area contributed by atoms with Gasteiger partial charge in [0.1, 0.15) is 5.82 Å². The standard InChI is InChI=1S/C18H22N6O2S2/c1-27-18-22-21-16(23(18)12-5-2-3-6-12)7-4-10-19-17-20-14-9-8-13(24(25)26)11-15(14)28-17/h8-9,11-12H,2-7,10H2,1H3,(H,19,20). The van der Waals surface area contributed by atoms with Crippen molar-refractivity contribution in [2.24, 2.45) is 0 Å². The molecule has 1 aliphatic rings. The molecule has 28 heavy (non-hydrogen) atoms. The van der Waals surface area contributed by atoms with Gasteiger partial charge < -0.3 is 9.88 Å². The van der Waals surface area contributed by atoms with Gasteiger partial charge in [0, 0.05) is 31.1 Å². The molecule has 0 spiro atoms. The van der Waals surface area contributed by atoms with Crippen LogP contribution in [0.1, 0.15) is 44.0 Å². The number of nitrogens with zero attached hydrogens (tertiary/aromatic N) is 5. The Balaban J connectivity index is 1.36. The van der Waals surface area contributed by atoms with Gasteiger partial charge in [0.2, 0.25) is 0 Å². The third-order valence-corrected chi connectivity index (χ3v) is 6.66. The highest BCUT2D eigenvalue weighted by molar-refractivity contribution is 7.98. The molecule has 0 unspecified atom stereocenters. The lowest BCUT2D eigenvalue weighted by atomic mass is 10.2. The SMILES string of the molecule is CSc1nnc(CCCNc2nc3ccc([N+](=O)[O-])cc3s2)n1C1CCCC1. The summed E-state index contributed by atoms with van der Waals surface area (Å²) in [6.07, 6.45) is 8.85. The number of aromatic nitrogens is 4. The van der Waals surface area contributed by atoms with Crippen molar-refractivity contribution in [2.45, 2.75) is 49.7 Å². The van der Waals surface area contributed by atoms with Crippen LogP contribution in [0.5, 0.6) is 0 Å². The van der Waals surface area contributed by atoms with Crippen LogP contribution in [0.15, 0.2) is 23.4 Å². The number of nitrogens with one attached hydrogen (secondary N) is 1. The molecule has 2 aromatic heterocycles. The van der Waals surface area contributed by atoms with Gasteiger partial charge in [-0.1, -0.05) is 35.9 Å². The second-order valence-electron chi connectivity index (χ2n) is 6.87. The van der Waals surface area contributed by atoms with Crippen LogP contribution in [0.3, 0.4) is 0 Å². The van der Waals surface area contributed by atoms with Crippen LogP contribution >= 0.6 is 23.1 Å². The van der Waals surface area contributed by atoms with Gasteiger partial charge in [0.15, 0.2) is 10.3 Å². The Bertz CT molecular complexity index is 980. The van der Waals surface area contributed by atoms with Gasteiger partial charge in [0.25, 0.3) is 5.69 Å². The highest BCUT2D eigenvalue weighted by Crippen LogP contribution is 2.33. The first-order valence-corrected chi connectivity index (χ1v) is 11.5. The minimum Gasteiger partial charge on any atom is -0.361 e. The van der Waals surface area contributed by atoms with E-state index in [1.807, 2.05) is 0 Å². The predicted molar refractivity (Wildman–Crippen MR) is 112 cm³/mol. The Morgan fingerprint density at radius 2 is 2.18 bits per heavy atom. The van der Waals surface area contributed by atoms with Crippen molar-refractivity contribution in [2.75, 3.05) is 18.1 Å². The van der Waals surface area contributed by atoms with Crippen LogP contribution < -0.4 is 5.32 Å². The fourth-order valence-electron chi connectivity index (χ4n) is 3.69. The topological polar surface area (TPSA) is 98.8 Å². The summed E-state index contributed by atoms with van der Waals surface area (Å²) in [5.41, 5.74) is 0.877. The summed E-state index contributed by atoms with van der Waals surface area (Å²) >= 11 is 3.11. The van der Waals surface area contributed by atoms with E-state index in [0.717, 1.165) is 45.7 Å². The normalized spacial score (nSPS) is 14.8. The maximum Gasteiger partial charge on any atom is 0.270 e. The Kier molecular flexibility index (Phi) is 5.77. The molecule has 0 bridgehead atoms. The summed E-state index contributed by atoms with van der Waals surface area (Å²) in [7, 11) is 0. The van der Waals surface area contributed by atoms with Crippen LogP contribution in [-0.4, -0.2) is 37.5 Å². The summed E-state index contributed by atoms with van der Waals surface area (Å²) in [5, 5.41) is 24.8. The molecule has 1 aromatic carbocycles. The monoisotopic (exact) mass is 418 g/mol. The van der Waals surface area contributed by atoms with E-state index in [4.69, 9.17) is 0 Å². The lowest BCUT2D eigenvalue weighted by molar-refractivity contribution is -0.384. The van der Waals surface area contributed by atoms with Crippen LogP contribution in [0, 0.1) is 10.1 Å². The zero-order chi connectivity index (χ0) is 19.5. The van der Waals surface area contributed by atoms with E-state index in [-0.39, 0.29) is 10.6 Å². The van der Waals surface area contributed by atoms with E-state index in [1.54, 1.807) is 23.9 Å². The number of hydrogen-bond donors (Lipinski definition) is 1. The first-order valence-electron chi connectivity index (χ1n) is 9.42. The molecule has 1 saturated carbocycles. The van der Waals surface area contributed by atoms with E-state index < -0.39 is 0 Å². The van der Waals surface area contributed by atoms with E-state index in [2.05, 4.69) is 31.3 Å². The number of nitro groups is 1. The third-order valence-electron chi connectivity index (χ3n) is 5.04. The Labute approximate surface area is 170 Å². The fraction of sp³-hybridized carbons (Fsp3) is 0.500. The summed E-state index contributed by atoms with van der Waals surface area (Å²) < 4.78 is 3.16. The highest BCUT2D eigenvalue weighted by atomic mass is 32.2. The van der Waals surface area contributed by atoms with Gasteiger partial charge in [-0.15, -0.1) is 10.2 Å². The first kappa shape index (κ1) is 19.1. The maximum atomic E-state index is 10.9. The van der Waals surface area contributed by atoms with Crippen molar-refractivity contribution in [1.29, 1.82) is 0 Å². The molecule has 0 saturated heterocycles. The molecule has 1 aliphatic carbocycles. The molecule has 0 radical (unpaired) electrons. The number of rotatable bonds is 8. The van der Waals surface area contributed by atoms with Crippen LogP contribution in [-0.2, 0) is 6.42 Å². The molecule has 0 amide bonds. The largest absolute Gasteiger partial charge is 0.361 e. The molecule has 8 nitrogen and oxygen atoms in total. The lowest BCUT2D eigenvalue weighted by Gasteiger charge is -2.16. The van der Waals surface area contributed by atoms with Gasteiger partial charge in [-0.25, -0.2) is 4.98 Å². The zero-order valence-corrected chi connectivity index (χ0v) is 17.3. The van der Waals surface area contributed by atoms with Crippen molar-refractivity contribution in [3.8, 4) is 0 Å². The number of thiazole rings is 1. The average Bonchev–Trinajstić information content (AvgIpc) is 3.42. The third kappa shape index (κ3) is 3.97. The molecule has 10 heteroatoms. The molecule has 1 fully saturated rings. The number of hydrogen-bond acceptors (Lipinski definition) is 8. The summed E-state index contributed by atoms with van der Waals surface area (Å²) in [6.45, 7) is 0.772. The van der Waals surface area contributed by atoms with Gasteiger partial charge in [-0.2, -0.15) is 0 Å².